The lowest BCUT2D eigenvalue weighted by atomic mass is 10.1. The minimum Gasteiger partial charge on any atom is -0.348 e. The minimum absolute atomic E-state index is 0.0440. The number of allylic oxidation sites excluding steroid dienone is 2. The molecule has 0 aliphatic carbocycles. The fourth-order valence-corrected chi connectivity index (χ4v) is 3.34. The second kappa shape index (κ2) is 7.06. The lowest BCUT2D eigenvalue weighted by Crippen LogP contribution is -2.46. The molecule has 8 heteroatoms. The second-order valence-electron chi connectivity index (χ2n) is 5.36. The molecule has 1 amide bonds. The topological polar surface area (TPSA) is 105 Å². The zero-order valence-corrected chi connectivity index (χ0v) is 13.5. The van der Waals surface area contributed by atoms with Gasteiger partial charge in [0.15, 0.2) is 5.84 Å². The van der Waals surface area contributed by atoms with Gasteiger partial charge in [-0.1, -0.05) is 19.8 Å². The molecule has 7 nitrogen and oxygen atoms in total. The van der Waals surface area contributed by atoms with Gasteiger partial charge in [-0.15, -0.1) is 4.40 Å². The number of unbranched alkanes of at least 4 members (excludes halogenated alkanes) is 1. The first-order valence-corrected chi connectivity index (χ1v) is 9.07. The highest BCUT2D eigenvalue weighted by Gasteiger charge is 2.30. The maximum Gasteiger partial charge on any atom is 0.256 e. The van der Waals surface area contributed by atoms with Crippen molar-refractivity contribution in [1.29, 1.82) is 0 Å². The fourth-order valence-electron chi connectivity index (χ4n) is 2.36. The van der Waals surface area contributed by atoms with Crippen LogP contribution in [-0.4, -0.2) is 49.9 Å². The van der Waals surface area contributed by atoms with E-state index in [0.717, 1.165) is 19.3 Å². The van der Waals surface area contributed by atoms with Crippen LogP contribution < -0.4 is 11.1 Å². The van der Waals surface area contributed by atoms with Crippen molar-refractivity contribution in [1.82, 2.24) is 10.2 Å². The minimum atomic E-state index is -3.50. The quantitative estimate of drug-likeness (QED) is 0.721. The van der Waals surface area contributed by atoms with E-state index in [9.17, 15) is 13.2 Å². The summed E-state index contributed by atoms with van der Waals surface area (Å²) in [6.07, 6.45) is 7.82. The number of amidine groups is 1. The number of nitrogens with one attached hydrogen (secondary N) is 1. The Balaban J connectivity index is 2.16. The Labute approximate surface area is 131 Å². The highest BCUT2D eigenvalue weighted by atomic mass is 32.2. The first-order chi connectivity index (χ1) is 10.5. The Morgan fingerprint density at radius 3 is 3.00 bits per heavy atom. The lowest BCUT2D eigenvalue weighted by molar-refractivity contribution is -0.117. The SMILES string of the molecule is CCCCC(CN)NC(=O)C1=CC=CN2CCS(=O)(=O)N=C12. The third-order valence-corrected chi connectivity index (χ3v) is 4.78. The van der Waals surface area contributed by atoms with Crippen LogP contribution in [0.4, 0.5) is 0 Å². The van der Waals surface area contributed by atoms with Crippen LogP contribution in [0.15, 0.2) is 28.3 Å². The smallest absolute Gasteiger partial charge is 0.256 e. The summed E-state index contributed by atoms with van der Waals surface area (Å²) in [7, 11) is -3.50. The van der Waals surface area contributed by atoms with E-state index in [-0.39, 0.29) is 29.1 Å². The van der Waals surface area contributed by atoms with E-state index in [1.165, 1.54) is 0 Å². The molecular weight excluding hydrogens is 304 g/mol. The Hall–Kier alpha value is -1.67. The molecule has 2 rings (SSSR count). The average molecular weight is 326 g/mol. The number of nitrogens with two attached hydrogens (primary N) is 1. The van der Waals surface area contributed by atoms with Gasteiger partial charge in [0.05, 0.1) is 11.3 Å². The van der Waals surface area contributed by atoms with Crippen molar-refractivity contribution in [3.05, 3.63) is 23.9 Å². The van der Waals surface area contributed by atoms with E-state index in [0.29, 0.717) is 13.1 Å². The Morgan fingerprint density at radius 1 is 1.55 bits per heavy atom. The highest BCUT2D eigenvalue weighted by molar-refractivity contribution is 7.90. The van der Waals surface area contributed by atoms with Crippen LogP contribution in [0.3, 0.4) is 0 Å². The van der Waals surface area contributed by atoms with E-state index in [1.54, 1.807) is 23.3 Å². The van der Waals surface area contributed by atoms with Gasteiger partial charge in [-0.25, -0.2) is 8.42 Å². The summed E-state index contributed by atoms with van der Waals surface area (Å²) in [6, 6.07) is -0.117. The van der Waals surface area contributed by atoms with E-state index in [1.807, 2.05) is 0 Å². The second-order valence-corrected chi connectivity index (χ2v) is 7.12. The number of sulfonamides is 1. The van der Waals surface area contributed by atoms with Gasteiger partial charge in [0.25, 0.3) is 15.9 Å². The number of nitrogens with zero attached hydrogens (tertiary/aromatic N) is 2. The Morgan fingerprint density at radius 2 is 2.32 bits per heavy atom. The summed E-state index contributed by atoms with van der Waals surface area (Å²) in [5.74, 6) is -0.188. The summed E-state index contributed by atoms with van der Waals surface area (Å²) < 4.78 is 27.1. The van der Waals surface area contributed by atoms with Crippen molar-refractivity contribution in [2.24, 2.45) is 10.1 Å². The van der Waals surface area contributed by atoms with E-state index in [4.69, 9.17) is 5.73 Å². The van der Waals surface area contributed by atoms with Gasteiger partial charge in [-0.2, -0.15) is 0 Å². The number of amides is 1. The highest BCUT2D eigenvalue weighted by Crippen LogP contribution is 2.18. The van der Waals surface area contributed by atoms with Crippen LogP contribution in [0.1, 0.15) is 26.2 Å². The van der Waals surface area contributed by atoms with Crippen molar-refractivity contribution in [2.45, 2.75) is 32.2 Å². The molecule has 2 aliphatic heterocycles. The molecule has 0 aromatic carbocycles. The molecule has 22 heavy (non-hydrogen) atoms. The zero-order chi connectivity index (χ0) is 16.2. The predicted molar refractivity (Wildman–Crippen MR) is 85.7 cm³/mol. The average Bonchev–Trinajstić information content (AvgIpc) is 2.49. The molecule has 0 aromatic heterocycles. The predicted octanol–water partition coefficient (Wildman–Crippen LogP) is 0.118. The first-order valence-electron chi connectivity index (χ1n) is 7.46. The van der Waals surface area contributed by atoms with Crippen LogP contribution in [0.5, 0.6) is 0 Å². The zero-order valence-electron chi connectivity index (χ0n) is 12.7. The van der Waals surface area contributed by atoms with Crippen LogP contribution in [-0.2, 0) is 14.8 Å². The number of fused-ring (bicyclic) bond motifs is 1. The van der Waals surface area contributed by atoms with Gasteiger partial charge in [-0.3, -0.25) is 4.79 Å². The molecule has 0 aromatic rings. The maximum atomic E-state index is 12.4. The number of hydrogen-bond donors (Lipinski definition) is 2. The molecule has 0 fully saturated rings. The van der Waals surface area contributed by atoms with Gasteiger partial charge in [0.2, 0.25) is 0 Å². The first kappa shape index (κ1) is 16.7. The normalized spacial score (nSPS) is 20.7. The summed E-state index contributed by atoms with van der Waals surface area (Å²) in [5.41, 5.74) is 5.95. The van der Waals surface area contributed by atoms with Gasteiger partial charge >= 0.3 is 0 Å². The van der Waals surface area contributed by atoms with Crippen LogP contribution in [0, 0.1) is 0 Å². The van der Waals surface area contributed by atoms with Crippen LogP contribution in [0.2, 0.25) is 0 Å². The molecular formula is C14H22N4O3S. The monoisotopic (exact) mass is 326 g/mol. The molecule has 2 aliphatic rings. The third kappa shape index (κ3) is 3.95. The van der Waals surface area contributed by atoms with Crippen molar-refractivity contribution in [2.75, 3.05) is 18.8 Å². The molecule has 0 radical (unpaired) electrons. The molecule has 2 heterocycles. The maximum absolute atomic E-state index is 12.4. The Kier molecular flexibility index (Phi) is 5.36. The van der Waals surface area contributed by atoms with E-state index in [2.05, 4.69) is 16.6 Å². The van der Waals surface area contributed by atoms with E-state index < -0.39 is 10.0 Å². The summed E-state index contributed by atoms with van der Waals surface area (Å²) >= 11 is 0. The number of rotatable bonds is 6. The van der Waals surface area contributed by atoms with Crippen molar-refractivity contribution < 1.29 is 13.2 Å². The third-order valence-electron chi connectivity index (χ3n) is 3.63. The number of carbonyl (C=O) groups excluding carboxylic acids is 1. The molecule has 1 unspecified atom stereocenters. The van der Waals surface area contributed by atoms with Gasteiger partial charge in [0.1, 0.15) is 0 Å². The standard InChI is InChI=1S/C14H22N4O3S/c1-2-3-5-11(10-15)16-14(19)12-6-4-7-18-8-9-22(20,21)17-13(12)18/h4,6-7,11H,2-3,5,8-10,15H2,1H3,(H,16,19). The van der Waals surface area contributed by atoms with Crippen molar-refractivity contribution in [3.8, 4) is 0 Å². The molecule has 122 valence electrons. The molecule has 0 saturated carbocycles. The Bertz CT molecular complexity index is 622. The lowest BCUT2D eigenvalue weighted by Gasteiger charge is -2.29. The van der Waals surface area contributed by atoms with Gasteiger partial charge in [0, 0.05) is 25.3 Å². The summed E-state index contributed by atoms with van der Waals surface area (Å²) in [6.45, 7) is 2.73. The summed E-state index contributed by atoms with van der Waals surface area (Å²) in [4.78, 5) is 14.1. The van der Waals surface area contributed by atoms with Crippen molar-refractivity contribution >= 4 is 21.8 Å². The molecule has 0 spiro atoms. The largest absolute Gasteiger partial charge is 0.348 e. The molecule has 0 saturated heterocycles. The fraction of sp³-hybridized carbons (Fsp3) is 0.571. The van der Waals surface area contributed by atoms with Crippen molar-refractivity contribution in [3.63, 3.8) is 0 Å². The van der Waals surface area contributed by atoms with Gasteiger partial charge < -0.3 is 16.0 Å². The molecule has 1 atom stereocenters. The van der Waals surface area contributed by atoms with Crippen LogP contribution >= 0.6 is 0 Å². The molecule has 0 bridgehead atoms. The number of carbonyl (C=O) groups is 1. The van der Waals surface area contributed by atoms with E-state index >= 15 is 0 Å². The molecule has 3 N–H and O–H groups in total. The summed E-state index contributed by atoms with van der Waals surface area (Å²) in [5, 5.41) is 2.86. The van der Waals surface area contributed by atoms with Gasteiger partial charge in [-0.05, 0) is 18.6 Å². The van der Waals surface area contributed by atoms with Crippen LogP contribution in [0.25, 0.3) is 0 Å². The number of hydrogen-bond acceptors (Lipinski definition) is 5.